The van der Waals surface area contributed by atoms with Gasteiger partial charge in [-0.05, 0) is 49.6 Å². The first kappa shape index (κ1) is 16.2. The summed E-state index contributed by atoms with van der Waals surface area (Å²) < 4.78 is 7.00. The van der Waals surface area contributed by atoms with Gasteiger partial charge in [0.15, 0.2) is 0 Å². The largest absolute Gasteiger partial charge is 0.426 e. The molecule has 126 valence electrons. The molecule has 0 saturated heterocycles. The fraction of sp³-hybridized carbons (Fsp3) is 0.389. The van der Waals surface area contributed by atoms with Crippen LogP contribution < -0.4 is 10.5 Å². The van der Waals surface area contributed by atoms with Gasteiger partial charge in [0, 0.05) is 0 Å². The molecule has 0 aliphatic heterocycles. The lowest BCUT2D eigenvalue weighted by Crippen LogP contribution is -2.22. The van der Waals surface area contributed by atoms with E-state index in [2.05, 4.69) is 10.1 Å². The molecule has 2 aromatic rings. The van der Waals surface area contributed by atoms with Crippen LogP contribution in [0.1, 0.15) is 43.4 Å². The van der Waals surface area contributed by atoms with E-state index in [1.165, 1.54) is 11.1 Å². The number of carbonyl (C=O) groups excluding carboxylic acids is 1. The number of anilines is 1. The summed E-state index contributed by atoms with van der Waals surface area (Å²) in [4.78, 5) is 16.2. The standard InChI is InChI=1S/C18H22N4O2/c1-13-12-22(18(19)21-13)20-11-14-7-9-16(10-8-14)24-17(23)15-5-3-2-4-6-15/h7-12,15H,2-6H2,1H3,(H2,19,21). The Morgan fingerprint density at radius 1 is 1.29 bits per heavy atom. The average Bonchev–Trinajstić information content (AvgIpc) is 2.92. The minimum Gasteiger partial charge on any atom is -0.426 e. The summed E-state index contributed by atoms with van der Waals surface area (Å²) in [7, 11) is 0. The molecule has 6 nitrogen and oxygen atoms in total. The highest BCUT2D eigenvalue weighted by atomic mass is 16.5. The Hall–Kier alpha value is -2.63. The van der Waals surface area contributed by atoms with E-state index in [1.807, 2.05) is 19.1 Å². The first-order valence-corrected chi connectivity index (χ1v) is 8.29. The first-order valence-electron chi connectivity index (χ1n) is 8.29. The molecule has 1 aliphatic rings. The van der Waals surface area contributed by atoms with E-state index >= 15 is 0 Å². The summed E-state index contributed by atoms with van der Waals surface area (Å²) in [5.41, 5.74) is 7.44. The van der Waals surface area contributed by atoms with Crippen LogP contribution in [0.3, 0.4) is 0 Å². The number of hydrogen-bond acceptors (Lipinski definition) is 5. The third-order valence-corrected chi connectivity index (χ3v) is 4.20. The van der Waals surface area contributed by atoms with Crippen molar-refractivity contribution < 1.29 is 9.53 Å². The molecule has 1 fully saturated rings. The van der Waals surface area contributed by atoms with Gasteiger partial charge in [-0.3, -0.25) is 4.79 Å². The number of rotatable bonds is 4. The monoisotopic (exact) mass is 326 g/mol. The van der Waals surface area contributed by atoms with Crippen LogP contribution in [0.15, 0.2) is 35.6 Å². The van der Waals surface area contributed by atoms with E-state index in [0.29, 0.717) is 11.7 Å². The van der Waals surface area contributed by atoms with Crippen LogP contribution in [0.4, 0.5) is 5.95 Å². The summed E-state index contributed by atoms with van der Waals surface area (Å²) in [5.74, 6) is 0.854. The smallest absolute Gasteiger partial charge is 0.314 e. The predicted octanol–water partition coefficient (Wildman–Crippen LogP) is 3.14. The maximum Gasteiger partial charge on any atom is 0.314 e. The van der Waals surface area contributed by atoms with Gasteiger partial charge in [-0.25, -0.2) is 9.66 Å². The van der Waals surface area contributed by atoms with Crippen LogP contribution in [0.2, 0.25) is 0 Å². The highest BCUT2D eigenvalue weighted by Crippen LogP contribution is 2.25. The fourth-order valence-electron chi connectivity index (χ4n) is 2.88. The molecule has 0 radical (unpaired) electrons. The van der Waals surface area contributed by atoms with Gasteiger partial charge < -0.3 is 10.5 Å². The zero-order valence-electron chi connectivity index (χ0n) is 13.8. The van der Waals surface area contributed by atoms with Crippen molar-refractivity contribution in [3.8, 4) is 5.75 Å². The lowest BCUT2D eigenvalue weighted by Gasteiger charge is -2.19. The van der Waals surface area contributed by atoms with Crippen LogP contribution in [-0.4, -0.2) is 21.8 Å². The normalized spacial score (nSPS) is 15.7. The maximum atomic E-state index is 12.1. The first-order chi connectivity index (χ1) is 11.6. The Kier molecular flexibility index (Phi) is 4.93. The summed E-state index contributed by atoms with van der Waals surface area (Å²) in [6.45, 7) is 1.86. The lowest BCUT2D eigenvalue weighted by atomic mass is 9.89. The third kappa shape index (κ3) is 4.01. The number of aryl methyl sites for hydroxylation is 1. The predicted molar refractivity (Wildman–Crippen MR) is 93.0 cm³/mol. The summed E-state index contributed by atoms with van der Waals surface area (Å²) in [5, 5.41) is 4.26. The van der Waals surface area contributed by atoms with Crippen molar-refractivity contribution in [1.82, 2.24) is 9.66 Å². The Bertz CT molecular complexity index is 728. The molecular weight excluding hydrogens is 304 g/mol. The van der Waals surface area contributed by atoms with Crippen molar-refractivity contribution in [3.63, 3.8) is 0 Å². The van der Waals surface area contributed by atoms with E-state index in [-0.39, 0.29) is 11.9 Å². The lowest BCUT2D eigenvalue weighted by molar-refractivity contribution is -0.139. The van der Waals surface area contributed by atoms with Crippen LogP contribution in [-0.2, 0) is 4.79 Å². The van der Waals surface area contributed by atoms with E-state index in [1.54, 1.807) is 24.5 Å². The molecule has 6 heteroatoms. The molecule has 1 aliphatic carbocycles. The minimum absolute atomic E-state index is 0.0486. The van der Waals surface area contributed by atoms with Crippen molar-refractivity contribution >= 4 is 18.1 Å². The van der Waals surface area contributed by atoms with Crippen LogP contribution in [0, 0.1) is 12.8 Å². The Balaban J connectivity index is 1.60. The third-order valence-electron chi connectivity index (χ3n) is 4.20. The fourth-order valence-corrected chi connectivity index (χ4v) is 2.88. The number of nitrogens with zero attached hydrogens (tertiary/aromatic N) is 3. The number of nitrogen functional groups attached to an aromatic ring is 1. The van der Waals surface area contributed by atoms with Gasteiger partial charge in [-0.15, -0.1) is 0 Å². The van der Waals surface area contributed by atoms with Gasteiger partial charge in [-0.1, -0.05) is 19.3 Å². The van der Waals surface area contributed by atoms with Crippen molar-refractivity contribution in [2.24, 2.45) is 11.0 Å². The van der Waals surface area contributed by atoms with Crippen LogP contribution in [0.5, 0.6) is 5.75 Å². The highest BCUT2D eigenvalue weighted by Gasteiger charge is 2.22. The summed E-state index contributed by atoms with van der Waals surface area (Å²) in [6.07, 6.45) is 8.78. The molecule has 1 aromatic carbocycles. The molecule has 1 aromatic heterocycles. The zero-order chi connectivity index (χ0) is 16.9. The molecule has 0 bridgehead atoms. The second-order valence-corrected chi connectivity index (χ2v) is 6.15. The Morgan fingerprint density at radius 3 is 2.62 bits per heavy atom. The second-order valence-electron chi connectivity index (χ2n) is 6.15. The molecule has 1 saturated carbocycles. The number of carbonyl (C=O) groups is 1. The average molecular weight is 326 g/mol. The van der Waals surface area contributed by atoms with Gasteiger partial charge >= 0.3 is 5.97 Å². The SMILES string of the molecule is Cc1cn(N=Cc2ccc(OC(=O)C3CCCCC3)cc2)c(N)n1. The van der Waals surface area contributed by atoms with Gasteiger partial charge in [0.05, 0.1) is 24.0 Å². The van der Waals surface area contributed by atoms with E-state index in [9.17, 15) is 4.79 Å². The van der Waals surface area contributed by atoms with Crippen molar-refractivity contribution in [2.75, 3.05) is 5.73 Å². The Labute approximate surface area is 141 Å². The number of esters is 1. The van der Waals surface area contributed by atoms with E-state index < -0.39 is 0 Å². The van der Waals surface area contributed by atoms with Gasteiger partial charge in [-0.2, -0.15) is 5.10 Å². The molecule has 3 rings (SSSR count). The maximum absolute atomic E-state index is 12.1. The van der Waals surface area contributed by atoms with Gasteiger partial charge in [0.25, 0.3) is 0 Å². The molecule has 0 unspecified atom stereocenters. The number of imidazole rings is 1. The summed E-state index contributed by atoms with van der Waals surface area (Å²) >= 11 is 0. The quantitative estimate of drug-likeness (QED) is 0.531. The zero-order valence-corrected chi connectivity index (χ0v) is 13.8. The van der Waals surface area contributed by atoms with E-state index in [4.69, 9.17) is 10.5 Å². The molecular formula is C18H22N4O2. The second kappa shape index (κ2) is 7.29. The van der Waals surface area contributed by atoms with Crippen molar-refractivity contribution in [3.05, 3.63) is 41.7 Å². The van der Waals surface area contributed by atoms with Crippen molar-refractivity contribution in [1.29, 1.82) is 0 Å². The minimum atomic E-state index is -0.113. The number of ether oxygens (including phenoxy) is 1. The molecule has 24 heavy (non-hydrogen) atoms. The topological polar surface area (TPSA) is 82.5 Å². The van der Waals surface area contributed by atoms with Crippen molar-refractivity contribution in [2.45, 2.75) is 39.0 Å². The van der Waals surface area contributed by atoms with Gasteiger partial charge in [0.2, 0.25) is 5.95 Å². The number of aromatic nitrogens is 2. The molecule has 1 heterocycles. The van der Waals surface area contributed by atoms with Crippen LogP contribution >= 0.6 is 0 Å². The number of nitrogens with two attached hydrogens (primary N) is 1. The molecule has 0 atom stereocenters. The number of benzene rings is 1. The number of hydrogen-bond donors (Lipinski definition) is 1. The molecule has 0 amide bonds. The Morgan fingerprint density at radius 2 is 2.00 bits per heavy atom. The molecule has 0 spiro atoms. The molecule has 2 N–H and O–H groups in total. The summed E-state index contributed by atoms with van der Waals surface area (Å²) in [6, 6.07) is 7.27. The highest BCUT2D eigenvalue weighted by molar-refractivity contribution is 5.80. The van der Waals surface area contributed by atoms with Gasteiger partial charge in [0.1, 0.15) is 5.75 Å². The van der Waals surface area contributed by atoms with Crippen LogP contribution in [0.25, 0.3) is 0 Å². The van der Waals surface area contributed by atoms with E-state index in [0.717, 1.165) is 36.9 Å².